The van der Waals surface area contributed by atoms with E-state index >= 15 is 0 Å². The van der Waals surface area contributed by atoms with Gasteiger partial charge in [0.1, 0.15) is 12.1 Å². The molecule has 6 heteroatoms. The fraction of sp³-hybridized carbons (Fsp3) is 0.333. The van der Waals surface area contributed by atoms with Crippen LogP contribution in [0, 0.1) is 0 Å². The monoisotopic (exact) mass is 204 g/mol. The van der Waals surface area contributed by atoms with Gasteiger partial charge in [-0.15, -0.1) is 5.10 Å². The molecule has 0 bridgehead atoms. The molecular formula is C9H12N6. The second kappa shape index (κ2) is 4.50. The summed E-state index contributed by atoms with van der Waals surface area (Å²) in [5.74, 6) is 0.878. The molecule has 1 N–H and O–H groups in total. The van der Waals surface area contributed by atoms with Gasteiger partial charge in [0.15, 0.2) is 0 Å². The molecule has 2 aromatic rings. The van der Waals surface area contributed by atoms with Gasteiger partial charge in [-0.05, 0) is 35.0 Å². The largest absolute Gasteiger partial charge is 0.370 e. The molecular weight excluding hydrogens is 192 g/mol. The average Bonchev–Trinajstić information content (AvgIpc) is 2.71. The predicted octanol–water partition coefficient (Wildman–Crippen LogP) is 0.548. The summed E-state index contributed by atoms with van der Waals surface area (Å²) < 4.78 is 1.67. The molecule has 0 saturated carbocycles. The second-order valence-electron chi connectivity index (χ2n) is 3.09. The van der Waals surface area contributed by atoms with Crippen molar-refractivity contribution < 1.29 is 0 Å². The van der Waals surface area contributed by atoms with Crippen LogP contribution in [-0.2, 0) is 6.54 Å². The third-order valence-corrected chi connectivity index (χ3v) is 1.92. The molecule has 0 fully saturated rings. The van der Waals surface area contributed by atoms with Gasteiger partial charge in [-0.25, -0.2) is 9.67 Å². The summed E-state index contributed by atoms with van der Waals surface area (Å²) in [6, 6.07) is 3.94. The van der Waals surface area contributed by atoms with Crippen molar-refractivity contribution in [2.24, 2.45) is 0 Å². The second-order valence-corrected chi connectivity index (χ2v) is 3.09. The van der Waals surface area contributed by atoms with Crippen molar-refractivity contribution in [3.05, 3.63) is 30.2 Å². The maximum atomic E-state index is 4.19. The normalized spacial score (nSPS) is 10.2. The lowest BCUT2D eigenvalue weighted by molar-refractivity contribution is 0.648. The first kappa shape index (κ1) is 9.57. The average molecular weight is 204 g/mol. The Hall–Kier alpha value is -1.98. The first-order valence-corrected chi connectivity index (χ1v) is 4.78. The van der Waals surface area contributed by atoms with E-state index in [1.165, 1.54) is 0 Å². The minimum atomic E-state index is 0.661. The quantitative estimate of drug-likeness (QED) is 0.787. The first-order valence-electron chi connectivity index (χ1n) is 4.78. The van der Waals surface area contributed by atoms with E-state index < -0.39 is 0 Å². The standard InChI is InChI=1S/C9H12N6/c1-2-10-9-5-8(3-4-11-9)6-15-7-12-13-14-15/h3-5,7H,2,6H2,1H3,(H,10,11). The first-order chi connectivity index (χ1) is 7.38. The van der Waals surface area contributed by atoms with E-state index in [-0.39, 0.29) is 0 Å². The Kier molecular flexibility index (Phi) is 2.87. The molecule has 0 unspecified atom stereocenters. The van der Waals surface area contributed by atoms with Gasteiger partial charge < -0.3 is 5.32 Å². The SMILES string of the molecule is CCNc1cc(Cn2cnnn2)ccn1. The molecule has 78 valence electrons. The lowest BCUT2D eigenvalue weighted by Gasteiger charge is -2.04. The van der Waals surface area contributed by atoms with Crippen LogP contribution in [0.2, 0.25) is 0 Å². The topological polar surface area (TPSA) is 68.5 Å². The van der Waals surface area contributed by atoms with Crippen LogP contribution in [0.25, 0.3) is 0 Å². The van der Waals surface area contributed by atoms with Crippen molar-refractivity contribution in [3.63, 3.8) is 0 Å². The molecule has 0 saturated heterocycles. The van der Waals surface area contributed by atoms with Gasteiger partial charge in [0.2, 0.25) is 0 Å². The number of nitrogens with zero attached hydrogens (tertiary/aromatic N) is 5. The Balaban J connectivity index is 2.11. The summed E-state index contributed by atoms with van der Waals surface area (Å²) in [6.45, 7) is 3.56. The van der Waals surface area contributed by atoms with Crippen molar-refractivity contribution in [1.82, 2.24) is 25.2 Å². The van der Waals surface area contributed by atoms with E-state index in [9.17, 15) is 0 Å². The highest BCUT2D eigenvalue weighted by Gasteiger charge is 1.98. The molecule has 0 aliphatic heterocycles. The van der Waals surface area contributed by atoms with E-state index in [0.717, 1.165) is 17.9 Å². The minimum Gasteiger partial charge on any atom is -0.370 e. The summed E-state index contributed by atoms with van der Waals surface area (Å²) in [5.41, 5.74) is 1.12. The van der Waals surface area contributed by atoms with Gasteiger partial charge in [0.05, 0.1) is 6.54 Å². The molecule has 2 heterocycles. The van der Waals surface area contributed by atoms with Crippen molar-refractivity contribution in [1.29, 1.82) is 0 Å². The van der Waals surface area contributed by atoms with E-state index in [2.05, 4.69) is 25.8 Å². The Morgan fingerprint density at radius 3 is 3.13 bits per heavy atom. The van der Waals surface area contributed by atoms with E-state index in [0.29, 0.717) is 6.54 Å². The molecule has 2 rings (SSSR count). The van der Waals surface area contributed by atoms with Gasteiger partial charge in [-0.3, -0.25) is 0 Å². The minimum absolute atomic E-state index is 0.661. The zero-order valence-corrected chi connectivity index (χ0v) is 8.46. The number of pyridine rings is 1. The van der Waals surface area contributed by atoms with Gasteiger partial charge in [-0.1, -0.05) is 0 Å². The van der Waals surface area contributed by atoms with Gasteiger partial charge >= 0.3 is 0 Å². The zero-order valence-electron chi connectivity index (χ0n) is 8.46. The van der Waals surface area contributed by atoms with Gasteiger partial charge in [0.25, 0.3) is 0 Å². The van der Waals surface area contributed by atoms with Gasteiger partial charge in [0, 0.05) is 12.7 Å². The molecule has 15 heavy (non-hydrogen) atoms. The fourth-order valence-corrected chi connectivity index (χ4v) is 1.29. The van der Waals surface area contributed by atoms with Crippen LogP contribution in [0.15, 0.2) is 24.7 Å². The van der Waals surface area contributed by atoms with Crippen LogP contribution < -0.4 is 5.32 Å². The summed E-state index contributed by atoms with van der Waals surface area (Å²) >= 11 is 0. The molecule has 0 spiro atoms. The lowest BCUT2D eigenvalue weighted by Crippen LogP contribution is -2.03. The summed E-state index contributed by atoms with van der Waals surface area (Å²) in [6.07, 6.45) is 3.37. The Labute approximate surface area is 87.3 Å². The smallest absolute Gasteiger partial charge is 0.138 e. The van der Waals surface area contributed by atoms with Crippen molar-refractivity contribution in [2.45, 2.75) is 13.5 Å². The van der Waals surface area contributed by atoms with Crippen LogP contribution >= 0.6 is 0 Å². The van der Waals surface area contributed by atoms with Crippen LogP contribution in [-0.4, -0.2) is 31.7 Å². The molecule has 2 aromatic heterocycles. The van der Waals surface area contributed by atoms with E-state index in [1.54, 1.807) is 17.2 Å². The molecule has 0 amide bonds. The number of hydrogen-bond acceptors (Lipinski definition) is 5. The van der Waals surface area contributed by atoms with Crippen LogP contribution in [0.4, 0.5) is 5.82 Å². The van der Waals surface area contributed by atoms with Crippen molar-refractivity contribution >= 4 is 5.82 Å². The highest BCUT2D eigenvalue weighted by molar-refractivity contribution is 5.37. The number of nitrogens with one attached hydrogen (secondary N) is 1. The molecule has 0 atom stereocenters. The molecule has 6 nitrogen and oxygen atoms in total. The van der Waals surface area contributed by atoms with Gasteiger partial charge in [-0.2, -0.15) is 0 Å². The molecule has 0 aromatic carbocycles. The number of anilines is 1. The predicted molar refractivity (Wildman–Crippen MR) is 55.3 cm³/mol. The Bertz CT molecular complexity index is 410. The maximum absolute atomic E-state index is 4.19. The van der Waals surface area contributed by atoms with Crippen molar-refractivity contribution in [2.75, 3.05) is 11.9 Å². The van der Waals surface area contributed by atoms with Crippen LogP contribution in [0.5, 0.6) is 0 Å². The Morgan fingerprint density at radius 1 is 1.47 bits per heavy atom. The fourth-order valence-electron chi connectivity index (χ4n) is 1.29. The molecule has 0 aliphatic rings. The summed E-state index contributed by atoms with van der Waals surface area (Å²) in [7, 11) is 0. The number of hydrogen-bond donors (Lipinski definition) is 1. The third-order valence-electron chi connectivity index (χ3n) is 1.92. The lowest BCUT2D eigenvalue weighted by atomic mass is 10.2. The Morgan fingerprint density at radius 2 is 2.40 bits per heavy atom. The van der Waals surface area contributed by atoms with Crippen molar-refractivity contribution in [3.8, 4) is 0 Å². The highest BCUT2D eigenvalue weighted by Crippen LogP contribution is 2.07. The third kappa shape index (κ3) is 2.49. The maximum Gasteiger partial charge on any atom is 0.138 e. The van der Waals surface area contributed by atoms with E-state index in [1.807, 2.05) is 19.1 Å². The van der Waals surface area contributed by atoms with Crippen LogP contribution in [0.3, 0.4) is 0 Å². The number of tetrazole rings is 1. The molecule has 0 radical (unpaired) electrons. The van der Waals surface area contributed by atoms with Crippen LogP contribution in [0.1, 0.15) is 12.5 Å². The zero-order chi connectivity index (χ0) is 10.5. The van der Waals surface area contributed by atoms with E-state index in [4.69, 9.17) is 0 Å². The number of rotatable bonds is 4. The highest BCUT2D eigenvalue weighted by atomic mass is 15.5. The molecule has 0 aliphatic carbocycles. The summed E-state index contributed by atoms with van der Waals surface area (Å²) in [5, 5.41) is 14.1. The summed E-state index contributed by atoms with van der Waals surface area (Å²) in [4.78, 5) is 4.19. The number of aromatic nitrogens is 5.